The molecule has 32 heavy (non-hydrogen) atoms. The van der Waals surface area contributed by atoms with Crippen LogP contribution in [0.15, 0.2) is 36.4 Å². The average Bonchev–Trinajstić information content (AvgIpc) is 2.79. The zero-order chi connectivity index (χ0) is 22.7. The number of nitrogens with zero attached hydrogens (tertiary/aromatic N) is 2. The highest BCUT2D eigenvalue weighted by Gasteiger charge is 2.16. The van der Waals surface area contributed by atoms with E-state index in [9.17, 15) is 9.18 Å². The summed E-state index contributed by atoms with van der Waals surface area (Å²) >= 11 is 6.14. The van der Waals surface area contributed by atoms with Gasteiger partial charge in [0, 0.05) is 30.2 Å². The highest BCUT2D eigenvalue weighted by molar-refractivity contribution is 6.32. The first-order valence-electron chi connectivity index (χ1n) is 9.91. The average molecular weight is 461 g/mol. The number of rotatable bonds is 5. The van der Waals surface area contributed by atoms with Crippen LogP contribution in [0.4, 0.5) is 26.4 Å². The summed E-state index contributed by atoms with van der Waals surface area (Å²) in [4.78, 5) is 19.0. The second kappa shape index (κ2) is 9.46. The van der Waals surface area contributed by atoms with Gasteiger partial charge in [0.1, 0.15) is 22.8 Å². The van der Waals surface area contributed by atoms with Crippen molar-refractivity contribution in [3.8, 4) is 11.5 Å². The van der Waals surface area contributed by atoms with E-state index < -0.39 is 11.8 Å². The first-order chi connectivity index (χ1) is 15.5. The first kappa shape index (κ1) is 21.9. The van der Waals surface area contributed by atoms with Crippen molar-refractivity contribution in [3.05, 3.63) is 47.2 Å². The van der Waals surface area contributed by atoms with Gasteiger partial charge in [0.25, 0.3) is 0 Å². The number of nitrogens with one attached hydrogen (secondary N) is 2. The summed E-state index contributed by atoms with van der Waals surface area (Å²) in [6.45, 7) is 2.65. The van der Waals surface area contributed by atoms with Gasteiger partial charge < -0.3 is 29.7 Å². The Morgan fingerprint density at radius 3 is 2.56 bits per heavy atom. The van der Waals surface area contributed by atoms with Gasteiger partial charge in [-0.05, 0) is 30.3 Å². The lowest BCUT2D eigenvalue weighted by Crippen LogP contribution is -2.36. The molecule has 0 saturated carbocycles. The highest BCUT2D eigenvalue weighted by Crippen LogP contribution is 2.36. The van der Waals surface area contributed by atoms with E-state index in [1.165, 1.54) is 26.4 Å². The standard InChI is InChI=1S/C22H22ClFN4O4/c1-30-18-12-19(31-2)17(11-15(18)23)26-22(29)25-14-9-13-3-4-20(27-21(13)16(24)10-14)28-5-7-32-8-6-28/h3-4,9-12H,5-8H2,1-2H3,(H2,25,26,29). The first-order valence-corrected chi connectivity index (χ1v) is 10.3. The third-order valence-electron chi connectivity index (χ3n) is 5.05. The number of aromatic nitrogens is 1. The molecule has 3 aromatic rings. The maximum atomic E-state index is 14.8. The Bertz CT molecular complexity index is 1150. The summed E-state index contributed by atoms with van der Waals surface area (Å²) < 4.78 is 30.6. The molecule has 0 spiro atoms. The fourth-order valence-electron chi connectivity index (χ4n) is 3.46. The molecular weight excluding hydrogens is 439 g/mol. The number of fused-ring (bicyclic) bond motifs is 1. The summed E-state index contributed by atoms with van der Waals surface area (Å²) in [6.07, 6.45) is 0. The number of amides is 2. The van der Waals surface area contributed by atoms with Crippen molar-refractivity contribution in [1.29, 1.82) is 0 Å². The van der Waals surface area contributed by atoms with Crippen LogP contribution in [0.2, 0.25) is 5.02 Å². The fourth-order valence-corrected chi connectivity index (χ4v) is 3.71. The summed E-state index contributed by atoms with van der Waals surface area (Å²) in [5, 5.41) is 6.16. The number of methoxy groups -OCH3 is 2. The van der Waals surface area contributed by atoms with Crippen LogP contribution >= 0.6 is 11.6 Å². The largest absolute Gasteiger partial charge is 0.495 e. The van der Waals surface area contributed by atoms with E-state index >= 15 is 0 Å². The molecule has 0 unspecified atom stereocenters. The van der Waals surface area contributed by atoms with E-state index in [4.69, 9.17) is 25.8 Å². The molecule has 2 aromatic carbocycles. The van der Waals surface area contributed by atoms with E-state index in [1.807, 2.05) is 6.07 Å². The Morgan fingerprint density at radius 1 is 1.09 bits per heavy atom. The Hall–Kier alpha value is -3.30. The van der Waals surface area contributed by atoms with E-state index in [0.717, 1.165) is 0 Å². The predicted molar refractivity (Wildman–Crippen MR) is 122 cm³/mol. The van der Waals surface area contributed by atoms with E-state index in [0.29, 0.717) is 59.7 Å². The minimum Gasteiger partial charge on any atom is -0.495 e. The van der Waals surface area contributed by atoms with Crippen LogP contribution in [0.25, 0.3) is 10.9 Å². The van der Waals surface area contributed by atoms with Gasteiger partial charge in [0.2, 0.25) is 0 Å². The molecule has 0 radical (unpaired) electrons. The Labute approximate surface area is 189 Å². The summed E-state index contributed by atoms with van der Waals surface area (Å²) in [5.41, 5.74) is 0.865. The third-order valence-corrected chi connectivity index (χ3v) is 5.34. The van der Waals surface area contributed by atoms with Gasteiger partial charge in [-0.1, -0.05) is 11.6 Å². The molecule has 2 N–H and O–H groups in total. The van der Waals surface area contributed by atoms with Gasteiger partial charge in [-0.25, -0.2) is 14.2 Å². The molecule has 1 aromatic heterocycles. The molecule has 1 aliphatic heterocycles. The SMILES string of the molecule is COc1cc(OC)c(NC(=O)Nc2cc(F)c3nc(N4CCOCC4)ccc3c2)cc1Cl. The lowest BCUT2D eigenvalue weighted by molar-refractivity contribution is 0.122. The van der Waals surface area contributed by atoms with E-state index in [2.05, 4.69) is 20.5 Å². The van der Waals surface area contributed by atoms with Crippen LogP contribution in [0, 0.1) is 5.82 Å². The van der Waals surface area contributed by atoms with Crippen molar-refractivity contribution < 1.29 is 23.4 Å². The molecule has 10 heteroatoms. The minimum absolute atomic E-state index is 0.239. The van der Waals surface area contributed by atoms with Crippen LogP contribution in [-0.2, 0) is 4.74 Å². The topological polar surface area (TPSA) is 85.0 Å². The number of urea groups is 1. The Balaban J connectivity index is 1.53. The lowest BCUT2D eigenvalue weighted by atomic mass is 10.2. The normalized spacial score (nSPS) is 13.7. The number of ether oxygens (including phenoxy) is 3. The van der Waals surface area contributed by atoms with Crippen molar-refractivity contribution in [2.45, 2.75) is 0 Å². The molecule has 0 bridgehead atoms. The molecule has 0 atom stereocenters. The van der Waals surface area contributed by atoms with Crippen molar-refractivity contribution in [2.75, 3.05) is 56.1 Å². The number of halogens is 2. The van der Waals surface area contributed by atoms with E-state index in [1.54, 1.807) is 18.2 Å². The summed E-state index contributed by atoms with van der Waals surface area (Å²) in [7, 11) is 2.94. The van der Waals surface area contributed by atoms with Crippen molar-refractivity contribution in [3.63, 3.8) is 0 Å². The third kappa shape index (κ3) is 4.63. The predicted octanol–water partition coefficient (Wildman–Crippen LogP) is 4.53. The van der Waals surface area contributed by atoms with Gasteiger partial charge in [-0.3, -0.25) is 0 Å². The molecule has 4 rings (SSSR count). The number of morpholine rings is 1. The van der Waals surface area contributed by atoms with Gasteiger partial charge in [0.05, 0.1) is 38.1 Å². The number of hydrogen-bond acceptors (Lipinski definition) is 6. The molecule has 1 aliphatic rings. The summed E-state index contributed by atoms with van der Waals surface area (Å²) in [5.74, 6) is 0.945. The maximum absolute atomic E-state index is 14.8. The number of pyridine rings is 1. The molecule has 168 valence electrons. The monoisotopic (exact) mass is 460 g/mol. The fraction of sp³-hybridized carbons (Fsp3) is 0.273. The van der Waals surface area contributed by atoms with Gasteiger partial charge in [-0.15, -0.1) is 0 Å². The van der Waals surface area contributed by atoms with Crippen LogP contribution in [-0.4, -0.2) is 51.5 Å². The number of hydrogen-bond donors (Lipinski definition) is 2. The highest BCUT2D eigenvalue weighted by atomic mass is 35.5. The number of carbonyl (C=O) groups is 1. The number of anilines is 3. The molecule has 2 heterocycles. The maximum Gasteiger partial charge on any atom is 0.323 e. The Morgan fingerprint density at radius 2 is 1.84 bits per heavy atom. The second-order valence-electron chi connectivity index (χ2n) is 7.06. The smallest absolute Gasteiger partial charge is 0.323 e. The molecule has 1 saturated heterocycles. The van der Waals surface area contributed by atoms with Gasteiger partial charge in [-0.2, -0.15) is 0 Å². The van der Waals surface area contributed by atoms with Crippen molar-refractivity contribution >= 4 is 45.7 Å². The number of carbonyl (C=O) groups excluding carboxylic acids is 1. The summed E-state index contributed by atoms with van der Waals surface area (Å²) in [6, 6.07) is 9.00. The van der Waals surface area contributed by atoms with Gasteiger partial charge >= 0.3 is 6.03 Å². The van der Waals surface area contributed by atoms with Crippen LogP contribution in [0.5, 0.6) is 11.5 Å². The van der Waals surface area contributed by atoms with Crippen LogP contribution in [0.3, 0.4) is 0 Å². The lowest BCUT2D eigenvalue weighted by Gasteiger charge is -2.28. The van der Waals surface area contributed by atoms with Crippen LogP contribution < -0.4 is 25.0 Å². The second-order valence-corrected chi connectivity index (χ2v) is 7.47. The van der Waals surface area contributed by atoms with Gasteiger partial charge in [0.15, 0.2) is 5.82 Å². The minimum atomic E-state index is -0.582. The quantitative estimate of drug-likeness (QED) is 0.582. The molecule has 0 aliphatic carbocycles. The van der Waals surface area contributed by atoms with E-state index in [-0.39, 0.29) is 11.2 Å². The molecular formula is C22H22ClFN4O4. The molecule has 2 amide bonds. The molecule has 1 fully saturated rings. The van der Waals surface area contributed by atoms with Crippen LogP contribution in [0.1, 0.15) is 0 Å². The zero-order valence-corrected chi connectivity index (χ0v) is 18.3. The molecule has 8 nitrogen and oxygen atoms in total. The Kier molecular flexibility index (Phi) is 6.48. The van der Waals surface area contributed by atoms with Crippen molar-refractivity contribution in [2.24, 2.45) is 0 Å². The number of benzene rings is 2. The van der Waals surface area contributed by atoms with Crippen molar-refractivity contribution in [1.82, 2.24) is 4.98 Å². The zero-order valence-electron chi connectivity index (χ0n) is 17.6.